The average Bonchev–Trinajstić information content (AvgIpc) is 2.64. The standard InChI is InChI=1S/C22H26N2OS/c1-8-12-19(20(11-4)24-21(25)15(5)9-2)17(7)26-22-16(6)13-18(10-3)14-23-22/h8-9,11-14H,1-2,5,7,10H2,3-4,6H3,(H,24,25)/b19-12-,20-11+. The zero-order chi connectivity index (χ0) is 19.7. The number of nitrogens with one attached hydrogen (secondary N) is 1. The summed E-state index contributed by atoms with van der Waals surface area (Å²) in [5, 5.41) is 3.73. The van der Waals surface area contributed by atoms with Gasteiger partial charge in [0.15, 0.2) is 0 Å². The van der Waals surface area contributed by atoms with E-state index in [-0.39, 0.29) is 5.91 Å². The lowest BCUT2D eigenvalue weighted by molar-refractivity contribution is -0.116. The van der Waals surface area contributed by atoms with Crippen molar-refractivity contribution in [1.29, 1.82) is 0 Å². The van der Waals surface area contributed by atoms with Gasteiger partial charge in [-0.2, -0.15) is 0 Å². The van der Waals surface area contributed by atoms with Gasteiger partial charge in [0.1, 0.15) is 5.03 Å². The second-order valence-corrected chi connectivity index (χ2v) is 6.63. The molecule has 1 rings (SSSR count). The van der Waals surface area contributed by atoms with E-state index in [1.807, 2.05) is 32.2 Å². The topological polar surface area (TPSA) is 42.0 Å². The Kier molecular flexibility index (Phi) is 8.59. The Morgan fingerprint density at radius 1 is 1.35 bits per heavy atom. The van der Waals surface area contributed by atoms with Crippen LogP contribution in [0.2, 0.25) is 0 Å². The third-order valence-corrected chi connectivity index (χ3v) is 4.75. The van der Waals surface area contributed by atoms with Gasteiger partial charge < -0.3 is 5.32 Å². The van der Waals surface area contributed by atoms with Crippen LogP contribution in [-0.2, 0) is 11.2 Å². The highest BCUT2D eigenvalue weighted by molar-refractivity contribution is 8.03. The summed E-state index contributed by atoms with van der Waals surface area (Å²) in [6.45, 7) is 21.2. The first-order valence-corrected chi connectivity index (χ1v) is 9.14. The lowest BCUT2D eigenvalue weighted by atomic mass is 10.1. The summed E-state index contributed by atoms with van der Waals surface area (Å²) in [5.74, 6) is -0.303. The summed E-state index contributed by atoms with van der Waals surface area (Å²) < 4.78 is 0. The second kappa shape index (κ2) is 10.4. The molecule has 0 aromatic carbocycles. The number of nitrogens with zero attached hydrogens (tertiary/aromatic N) is 1. The maximum Gasteiger partial charge on any atom is 0.255 e. The van der Waals surface area contributed by atoms with E-state index in [1.54, 1.807) is 6.08 Å². The van der Waals surface area contributed by atoms with Crippen molar-refractivity contribution in [2.45, 2.75) is 32.2 Å². The van der Waals surface area contributed by atoms with Crippen molar-refractivity contribution >= 4 is 17.7 Å². The van der Waals surface area contributed by atoms with Gasteiger partial charge in [0.05, 0.1) is 0 Å². The minimum Gasteiger partial charge on any atom is -0.322 e. The highest BCUT2D eigenvalue weighted by Gasteiger charge is 2.15. The van der Waals surface area contributed by atoms with Crippen LogP contribution in [-0.4, -0.2) is 10.9 Å². The number of carbonyl (C=O) groups excluding carboxylic acids is 1. The summed E-state index contributed by atoms with van der Waals surface area (Å²) in [7, 11) is 0. The first-order valence-electron chi connectivity index (χ1n) is 8.32. The first-order chi connectivity index (χ1) is 12.4. The number of rotatable bonds is 9. The maximum atomic E-state index is 12.1. The number of amides is 1. The first kappa shape index (κ1) is 21.5. The fourth-order valence-electron chi connectivity index (χ4n) is 2.13. The molecule has 0 fully saturated rings. The molecule has 1 heterocycles. The van der Waals surface area contributed by atoms with Crippen LogP contribution < -0.4 is 5.32 Å². The molecule has 1 N–H and O–H groups in total. The Hall–Kier alpha value is -2.59. The van der Waals surface area contributed by atoms with E-state index >= 15 is 0 Å². The number of thioether (sulfide) groups is 1. The van der Waals surface area contributed by atoms with E-state index in [9.17, 15) is 4.79 Å². The second-order valence-electron chi connectivity index (χ2n) is 5.55. The number of hydrogen-bond donors (Lipinski definition) is 1. The van der Waals surface area contributed by atoms with Crippen LogP contribution in [0.1, 0.15) is 25.0 Å². The molecule has 0 radical (unpaired) electrons. The summed E-state index contributed by atoms with van der Waals surface area (Å²) in [6, 6.07) is 2.13. The molecule has 0 saturated heterocycles. The van der Waals surface area contributed by atoms with E-state index in [0.717, 1.165) is 27.5 Å². The molecular weight excluding hydrogens is 340 g/mol. The van der Waals surface area contributed by atoms with E-state index in [4.69, 9.17) is 0 Å². The van der Waals surface area contributed by atoms with Crippen LogP contribution in [0, 0.1) is 6.92 Å². The van der Waals surface area contributed by atoms with Crippen LogP contribution in [0.4, 0.5) is 0 Å². The molecule has 0 aliphatic heterocycles. The average molecular weight is 367 g/mol. The number of aryl methyl sites for hydroxylation is 2. The molecule has 136 valence electrons. The van der Waals surface area contributed by atoms with Gasteiger partial charge in [-0.15, -0.1) is 0 Å². The van der Waals surface area contributed by atoms with Crippen LogP contribution in [0.3, 0.4) is 0 Å². The molecule has 0 bridgehead atoms. The highest BCUT2D eigenvalue weighted by atomic mass is 32.2. The summed E-state index contributed by atoms with van der Waals surface area (Å²) in [5.41, 5.74) is 4.01. The Morgan fingerprint density at radius 3 is 2.54 bits per heavy atom. The Bertz CT molecular complexity index is 800. The van der Waals surface area contributed by atoms with Crippen molar-refractivity contribution in [3.8, 4) is 0 Å². The molecule has 0 aliphatic rings. The Morgan fingerprint density at radius 2 is 2.04 bits per heavy atom. The molecule has 1 amide bonds. The highest BCUT2D eigenvalue weighted by Crippen LogP contribution is 2.34. The molecule has 0 spiro atoms. The molecule has 0 saturated carbocycles. The molecule has 0 aliphatic carbocycles. The largest absolute Gasteiger partial charge is 0.322 e. The van der Waals surface area contributed by atoms with Crippen molar-refractivity contribution in [1.82, 2.24) is 10.3 Å². The number of pyridine rings is 1. The predicted molar refractivity (Wildman–Crippen MR) is 113 cm³/mol. The fraction of sp³-hybridized carbons (Fsp3) is 0.182. The van der Waals surface area contributed by atoms with E-state index < -0.39 is 0 Å². The minimum absolute atomic E-state index is 0.299. The maximum absolute atomic E-state index is 12.1. The molecule has 0 atom stereocenters. The SMILES string of the molecule is C=C/C=C(C(=C)Sc1ncc(CC)cc1C)\C(=C/C)NC(=O)C(=C)C=C. The lowest BCUT2D eigenvalue weighted by Crippen LogP contribution is -2.24. The van der Waals surface area contributed by atoms with Gasteiger partial charge in [0, 0.05) is 27.9 Å². The van der Waals surface area contributed by atoms with Gasteiger partial charge >= 0.3 is 0 Å². The molecule has 1 aromatic heterocycles. The van der Waals surface area contributed by atoms with Crippen molar-refractivity contribution in [2.24, 2.45) is 0 Å². The van der Waals surface area contributed by atoms with Crippen LogP contribution in [0.5, 0.6) is 0 Å². The van der Waals surface area contributed by atoms with Gasteiger partial charge in [-0.25, -0.2) is 4.98 Å². The molecule has 1 aromatic rings. The minimum atomic E-state index is -0.303. The summed E-state index contributed by atoms with van der Waals surface area (Å²) in [4.78, 5) is 17.4. The fourth-order valence-corrected chi connectivity index (χ4v) is 2.98. The van der Waals surface area contributed by atoms with Gasteiger partial charge in [-0.05, 0) is 31.4 Å². The van der Waals surface area contributed by atoms with Crippen LogP contribution >= 0.6 is 11.8 Å². The predicted octanol–water partition coefficient (Wildman–Crippen LogP) is 5.43. The summed E-state index contributed by atoms with van der Waals surface area (Å²) in [6.07, 6.45) is 9.55. The smallest absolute Gasteiger partial charge is 0.255 e. The van der Waals surface area contributed by atoms with Gasteiger partial charge in [-0.1, -0.05) is 75.4 Å². The van der Waals surface area contributed by atoms with Gasteiger partial charge in [-0.3, -0.25) is 4.79 Å². The molecule has 26 heavy (non-hydrogen) atoms. The third kappa shape index (κ3) is 5.74. The number of hydrogen-bond acceptors (Lipinski definition) is 3. The van der Waals surface area contributed by atoms with E-state index in [0.29, 0.717) is 11.3 Å². The number of aromatic nitrogens is 1. The normalized spacial score (nSPS) is 11.7. The van der Waals surface area contributed by atoms with Gasteiger partial charge in [0.2, 0.25) is 0 Å². The lowest BCUT2D eigenvalue weighted by Gasteiger charge is -2.16. The van der Waals surface area contributed by atoms with Crippen LogP contribution in [0.15, 0.2) is 89.7 Å². The Balaban J connectivity index is 3.08. The Labute approximate surface area is 161 Å². The van der Waals surface area contributed by atoms with Crippen molar-refractivity contribution in [3.63, 3.8) is 0 Å². The molecular formula is C22H26N2OS. The quantitative estimate of drug-likeness (QED) is 0.360. The van der Waals surface area contributed by atoms with E-state index in [1.165, 1.54) is 23.4 Å². The zero-order valence-corrected chi connectivity index (χ0v) is 16.6. The zero-order valence-electron chi connectivity index (χ0n) is 15.8. The third-order valence-electron chi connectivity index (χ3n) is 3.67. The molecule has 0 unspecified atom stereocenters. The van der Waals surface area contributed by atoms with Crippen molar-refractivity contribution in [3.05, 3.63) is 95.8 Å². The van der Waals surface area contributed by atoms with Crippen molar-refractivity contribution in [2.75, 3.05) is 0 Å². The van der Waals surface area contributed by atoms with Crippen molar-refractivity contribution < 1.29 is 4.79 Å². The van der Waals surface area contributed by atoms with Crippen LogP contribution in [0.25, 0.3) is 0 Å². The number of carbonyl (C=O) groups is 1. The number of allylic oxidation sites excluding steroid dienone is 4. The summed E-state index contributed by atoms with van der Waals surface area (Å²) >= 11 is 1.47. The van der Waals surface area contributed by atoms with Gasteiger partial charge in [0.25, 0.3) is 5.91 Å². The monoisotopic (exact) mass is 366 g/mol. The molecule has 4 heteroatoms. The van der Waals surface area contributed by atoms with E-state index in [2.05, 4.69) is 49.6 Å². The molecule has 3 nitrogen and oxygen atoms in total.